The Hall–Kier alpha value is -3.40. The maximum Gasteiger partial charge on any atom is 0.418 e. The molecule has 2 unspecified atom stereocenters. The molecule has 10 heteroatoms. The van der Waals surface area contributed by atoms with Crippen LogP contribution in [0.4, 0.5) is 24.5 Å². The highest BCUT2D eigenvalue weighted by atomic mass is 19.4. The quantitative estimate of drug-likeness (QED) is 0.465. The zero-order chi connectivity index (χ0) is 27.3. The maximum atomic E-state index is 13.2. The van der Waals surface area contributed by atoms with Crippen molar-refractivity contribution in [2.24, 2.45) is 11.3 Å². The number of benzene rings is 2. The van der Waals surface area contributed by atoms with E-state index in [9.17, 15) is 27.6 Å². The van der Waals surface area contributed by atoms with E-state index in [0.29, 0.717) is 51.1 Å². The van der Waals surface area contributed by atoms with Gasteiger partial charge in [0, 0.05) is 51.2 Å². The summed E-state index contributed by atoms with van der Waals surface area (Å²) in [7, 11) is 1.70. The van der Waals surface area contributed by atoms with Gasteiger partial charge in [0.1, 0.15) is 5.78 Å². The largest absolute Gasteiger partial charge is 0.418 e. The number of hydrogen-bond donors (Lipinski definition) is 2. The molecule has 7 nitrogen and oxygen atoms in total. The lowest BCUT2D eigenvalue weighted by Gasteiger charge is -2.26. The van der Waals surface area contributed by atoms with Gasteiger partial charge in [0.15, 0.2) is 0 Å². The van der Waals surface area contributed by atoms with Gasteiger partial charge in [-0.3, -0.25) is 14.4 Å². The summed E-state index contributed by atoms with van der Waals surface area (Å²) >= 11 is 0. The molecule has 0 spiro atoms. The lowest BCUT2D eigenvalue weighted by molar-refractivity contribution is -0.137. The minimum absolute atomic E-state index is 0.0154. The number of likely N-dealkylation sites (tertiary alicyclic amines) is 1. The number of nitrogens with zero attached hydrogens (tertiary/aromatic N) is 1. The third-order valence-electron chi connectivity index (χ3n) is 7.38. The van der Waals surface area contributed by atoms with E-state index in [2.05, 4.69) is 10.6 Å². The molecule has 2 saturated heterocycles. The average Bonchev–Trinajstić information content (AvgIpc) is 3.50. The summed E-state index contributed by atoms with van der Waals surface area (Å²) in [6.45, 7) is 1.48. The number of para-hydroxylation sites is 1. The first kappa shape index (κ1) is 27.6. The number of carbonyl (C=O) groups excluding carboxylic acids is 3. The van der Waals surface area contributed by atoms with Crippen molar-refractivity contribution in [1.82, 2.24) is 10.2 Å². The molecule has 0 bridgehead atoms. The van der Waals surface area contributed by atoms with Crippen LogP contribution in [-0.4, -0.2) is 49.3 Å². The second kappa shape index (κ2) is 11.6. The molecule has 2 atom stereocenters. The highest BCUT2D eigenvalue weighted by Gasteiger charge is 2.42. The predicted molar refractivity (Wildman–Crippen MR) is 135 cm³/mol. The second-order valence-corrected chi connectivity index (χ2v) is 10.1. The summed E-state index contributed by atoms with van der Waals surface area (Å²) in [5, 5.41) is 5.77. The number of ketones is 1. The van der Waals surface area contributed by atoms with Gasteiger partial charge in [0.25, 0.3) is 0 Å². The molecule has 2 aliphatic heterocycles. The third kappa shape index (κ3) is 6.53. The van der Waals surface area contributed by atoms with Gasteiger partial charge in [-0.05, 0) is 49.1 Å². The third-order valence-corrected chi connectivity index (χ3v) is 7.38. The van der Waals surface area contributed by atoms with E-state index in [1.54, 1.807) is 36.2 Å². The fourth-order valence-electron chi connectivity index (χ4n) is 5.05. The molecule has 2 aromatic carbocycles. The number of ether oxygens (including phenoxy) is 1. The van der Waals surface area contributed by atoms with Gasteiger partial charge in [-0.2, -0.15) is 13.2 Å². The van der Waals surface area contributed by atoms with E-state index in [1.807, 2.05) is 0 Å². The first-order valence-electron chi connectivity index (χ1n) is 12.7. The fourth-order valence-corrected chi connectivity index (χ4v) is 5.05. The molecular weight excluding hydrogens is 499 g/mol. The summed E-state index contributed by atoms with van der Waals surface area (Å²) in [5.74, 6) is -0.363. The number of amides is 2. The van der Waals surface area contributed by atoms with Crippen molar-refractivity contribution in [2.45, 2.75) is 44.8 Å². The number of anilines is 2. The zero-order valence-electron chi connectivity index (χ0n) is 21.3. The number of halogens is 3. The topological polar surface area (TPSA) is 87.7 Å². The van der Waals surface area contributed by atoms with Crippen LogP contribution >= 0.6 is 0 Å². The highest BCUT2D eigenvalue weighted by molar-refractivity contribution is 5.90. The summed E-state index contributed by atoms with van der Waals surface area (Å²) in [4.78, 5) is 39.0. The number of hydrogen-bond acceptors (Lipinski definition) is 5. The van der Waals surface area contributed by atoms with Crippen LogP contribution < -0.4 is 10.6 Å². The van der Waals surface area contributed by atoms with Crippen molar-refractivity contribution in [3.63, 3.8) is 0 Å². The Morgan fingerprint density at radius 1 is 1.13 bits per heavy atom. The van der Waals surface area contributed by atoms with Crippen molar-refractivity contribution in [3.05, 3.63) is 59.7 Å². The fraction of sp³-hybridized carbons (Fsp3) is 0.464. The molecule has 38 heavy (non-hydrogen) atoms. The minimum atomic E-state index is -4.47. The molecule has 0 radical (unpaired) electrons. The molecule has 4 rings (SSSR count). The van der Waals surface area contributed by atoms with Gasteiger partial charge in [0.2, 0.25) is 11.8 Å². The van der Waals surface area contributed by atoms with Gasteiger partial charge in [-0.1, -0.05) is 24.3 Å². The van der Waals surface area contributed by atoms with Crippen LogP contribution in [0, 0.1) is 11.3 Å². The van der Waals surface area contributed by atoms with Crippen molar-refractivity contribution in [2.75, 3.05) is 32.1 Å². The summed E-state index contributed by atoms with van der Waals surface area (Å²) < 4.78 is 45.3. The monoisotopic (exact) mass is 531 g/mol. The van der Waals surface area contributed by atoms with Gasteiger partial charge in [-0.25, -0.2) is 0 Å². The molecule has 204 valence electrons. The van der Waals surface area contributed by atoms with E-state index >= 15 is 0 Å². The van der Waals surface area contributed by atoms with Crippen LogP contribution in [0.5, 0.6) is 0 Å². The first-order chi connectivity index (χ1) is 18.1. The van der Waals surface area contributed by atoms with Crippen molar-refractivity contribution in [1.29, 1.82) is 0 Å². The number of Topliss-reactive ketones (excluding diaryl/α,β-unsaturated/α-hetero) is 1. The Labute approximate surface area is 219 Å². The Bertz CT molecular complexity index is 1160. The molecule has 2 fully saturated rings. The standard InChI is InChI=1S/C28H32F3N3O4/c1-34-17-20(15-25(34)36)24(35)7-4-12-27(13-14-38-18-27)26(37)32-16-19-8-10-21(11-9-19)33-23-6-3-2-5-22(23)28(29,30)31/h2-3,5-6,8-11,20,33H,4,7,12-18H2,1H3,(H,32,37). The second-order valence-electron chi connectivity index (χ2n) is 10.1. The summed E-state index contributed by atoms with van der Waals surface area (Å²) in [5.41, 5.74) is -0.185. The van der Waals surface area contributed by atoms with E-state index in [-0.39, 0.29) is 42.2 Å². The molecule has 2 heterocycles. The van der Waals surface area contributed by atoms with Crippen molar-refractivity contribution < 1.29 is 32.3 Å². The van der Waals surface area contributed by atoms with Crippen LogP contribution in [0.3, 0.4) is 0 Å². The van der Waals surface area contributed by atoms with Gasteiger partial charge in [0.05, 0.1) is 23.3 Å². The normalized spacial score (nSPS) is 21.5. The Morgan fingerprint density at radius 3 is 2.50 bits per heavy atom. The lowest BCUT2D eigenvalue weighted by Crippen LogP contribution is -2.41. The molecule has 0 aliphatic carbocycles. The van der Waals surface area contributed by atoms with Crippen LogP contribution in [-0.2, 0) is 31.8 Å². The molecule has 0 aromatic heterocycles. The molecule has 2 N–H and O–H groups in total. The smallest absolute Gasteiger partial charge is 0.380 e. The number of nitrogens with one attached hydrogen (secondary N) is 2. The van der Waals surface area contributed by atoms with E-state index in [4.69, 9.17) is 4.74 Å². The van der Waals surface area contributed by atoms with E-state index in [1.165, 1.54) is 18.2 Å². The van der Waals surface area contributed by atoms with Crippen LogP contribution in [0.15, 0.2) is 48.5 Å². The molecule has 0 saturated carbocycles. The Morgan fingerprint density at radius 2 is 1.87 bits per heavy atom. The average molecular weight is 532 g/mol. The molecule has 2 amide bonds. The SMILES string of the molecule is CN1CC(C(=O)CCCC2(C(=O)NCc3ccc(Nc4ccccc4C(F)(F)F)cc3)CCOC2)CC1=O. The Balaban J connectivity index is 1.29. The minimum Gasteiger partial charge on any atom is -0.380 e. The number of carbonyl (C=O) groups is 3. The van der Waals surface area contributed by atoms with Gasteiger partial charge < -0.3 is 20.3 Å². The number of rotatable bonds is 10. The summed E-state index contributed by atoms with van der Waals surface area (Å²) in [6, 6.07) is 12.1. The first-order valence-corrected chi connectivity index (χ1v) is 12.7. The van der Waals surface area contributed by atoms with Crippen LogP contribution in [0.1, 0.15) is 43.2 Å². The summed E-state index contributed by atoms with van der Waals surface area (Å²) in [6.07, 6.45) is -2.25. The van der Waals surface area contributed by atoms with Gasteiger partial charge in [-0.15, -0.1) is 0 Å². The van der Waals surface area contributed by atoms with E-state index in [0.717, 1.165) is 11.6 Å². The molecule has 2 aromatic rings. The number of alkyl halides is 3. The maximum absolute atomic E-state index is 13.2. The molecular formula is C28H32F3N3O4. The van der Waals surface area contributed by atoms with Crippen LogP contribution in [0.25, 0.3) is 0 Å². The van der Waals surface area contributed by atoms with E-state index < -0.39 is 17.2 Å². The zero-order valence-corrected chi connectivity index (χ0v) is 21.3. The molecule has 2 aliphatic rings. The lowest BCUT2D eigenvalue weighted by atomic mass is 9.80. The van der Waals surface area contributed by atoms with Gasteiger partial charge >= 0.3 is 6.18 Å². The van der Waals surface area contributed by atoms with Crippen LogP contribution in [0.2, 0.25) is 0 Å². The highest BCUT2D eigenvalue weighted by Crippen LogP contribution is 2.37. The predicted octanol–water partition coefficient (Wildman–Crippen LogP) is 4.69. The Kier molecular flexibility index (Phi) is 8.40. The van der Waals surface area contributed by atoms with Crippen molar-refractivity contribution >= 4 is 29.0 Å². The van der Waals surface area contributed by atoms with Crippen molar-refractivity contribution in [3.8, 4) is 0 Å².